The number of aliphatic hydroxyl groups excluding tert-OH is 1. The normalized spacial score (nSPS) is 13.1. The van der Waals surface area contributed by atoms with Crippen LogP contribution in [0.3, 0.4) is 0 Å². The average molecular weight is 481 g/mol. The van der Waals surface area contributed by atoms with Crippen LogP contribution in [0.1, 0.15) is 34.5 Å². The van der Waals surface area contributed by atoms with Crippen molar-refractivity contribution >= 4 is 40.3 Å². The molecule has 1 saturated heterocycles. The number of amides is 1. The molecule has 0 aliphatic carbocycles. The van der Waals surface area contributed by atoms with E-state index in [4.69, 9.17) is 16.6 Å². The Bertz CT molecular complexity index is 1250. The maximum absolute atomic E-state index is 13.0. The highest BCUT2D eigenvalue weighted by Gasteiger charge is 2.23. The van der Waals surface area contributed by atoms with Gasteiger partial charge in [-0.1, -0.05) is 0 Å². The molecule has 0 radical (unpaired) electrons. The third-order valence-corrected chi connectivity index (χ3v) is 5.88. The Hall–Kier alpha value is -3.76. The molecule has 0 spiro atoms. The van der Waals surface area contributed by atoms with Crippen molar-refractivity contribution in [2.75, 3.05) is 23.3 Å². The van der Waals surface area contributed by atoms with Gasteiger partial charge in [-0.3, -0.25) is 20.2 Å². The number of benzene rings is 2. The van der Waals surface area contributed by atoms with Crippen molar-refractivity contribution in [2.45, 2.75) is 26.4 Å². The van der Waals surface area contributed by atoms with Crippen molar-refractivity contribution < 1.29 is 19.2 Å². The van der Waals surface area contributed by atoms with Gasteiger partial charge in [-0.05, 0) is 73.9 Å². The Morgan fingerprint density at radius 3 is 2.59 bits per heavy atom. The van der Waals surface area contributed by atoms with Gasteiger partial charge in [0.25, 0.3) is 11.6 Å². The third-order valence-electron chi connectivity index (χ3n) is 5.68. The number of aliphatic hydroxyl groups is 1. The van der Waals surface area contributed by atoms with Crippen molar-refractivity contribution in [1.82, 2.24) is 5.32 Å². The van der Waals surface area contributed by atoms with Gasteiger partial charge in [0.15, 0.2) is 5.11 Å². The molecule has 3 aromatic rings. The average Bonchev–Trinajstić information content (AvgIpc) is 3.51. The van der Waals surface area contributed by atoms with Gasteiger partial charge >= 0.3 is 0 Å². The fraction of sp³-hybridized carbons (Fsp3) is 0.250. The molecule has 9 nitrogen and oxygen atoms in total. The molecule has 10 heteroatoms. The maximum atomic E-state index is 13.0. The Labute approximate surface area is 201 Å². The molecular weight excluding hydrogens is 456 g/mol. The van der Waals surface area contributed by atoms with Crippen molar-refractivity contribution in [3.8, 4) is 11.3 Å². The van der Waals surface area contributed by atoms with E-state index < -0.39 is 10.8 Å². The molecule has 0 unspecified atom stereocenters. The van der Waals surface area contributed by atoms with E-state index in [1.54, 1.807) is 24.3 Å². The Balaban J connectivity index is 1.49. The topological polar surface area (TPSA) is 121 Å². The first-order valence-corrected chi connectivity index (χ1v) is 11.2. The van der Waals surface area contributed by atoms with Gasteiger partial charge in [0.05, 0.1) is 16.2 Å². The number of hydrogen-bond acceptors (Lipinski definition) is 7. The van der Waals surface area contributed by atoms with Crippen LogP contribution in [0.25, 0.3) is 11.3 Å². The number of non-ortho nitro benzene ring substituents is 1. The minimum absolute atomic E-state index is 0.0802. The summed E-state index contributed by atoms with van der Waals surface area (Å²) in [5.41, 5.74) is 3.16. The van der Waals surface area contributed by atoms with E-state index in [9.17, 15) is 20.0 Å². The molecule has 3 N–H and O–H groups in total. The second-order valence-corrected chi connectivity index (χ2v) is 8.42. The van der Waals surface area contributed by atoms with E-state index in [1.807, 2.05) is 24.0 Å². The van der Waals surface area contributed by atoms with Gasteiger partial charge in [0.2, 0.25) is 0 Å². The molecule has 2 heterocycles. The third kappa shape index (κ3) is 5.08. The molecule has 176 valence electrons. The monoisotopic (exact) mass is 480 g/mol. The smallest absolute Gasteiger partial charge is 0.270 e. The lowest BCUT2D eigenvalue weighted by Crippen LogP contribution is -2.35. The van der Waals surface area contributed by atoms with Crippen molar-refractivity contribution in [3.63, 3.8) is 0 Å². The van der Waals surface area contributed by atoms with Crippen LogP contribution in [-0.4, -0.2) is 34.1 Å². The van der Waals surface area contributed by atoms with Gasteiger partial charge in [0, 0.05) is 36.5 Å². The number of nitrogens with one attached hydrogen (secondary N) is 2. The first kappa shape index (κ1) is 23.4. The summed E-state index contributed by atoms with van der Waals surface area (Å²) < 4.78 is 5.60. The number of nitro benzene ring substituents is 1. The highest BCUT2D eigenvalue weighted by atomic mass is 32.1. The van der Waals surface area contributed by atoms with Crippen molar-refractivity contribution in [1.29, 1.82) is 0 Å². The lowest BCUT2D eigenvalue weighted by molar-refractivity contribution is -0.384. The molecule has 4 rings (SSSR count). The summed E-state index contributed by atoms with van der Waals surface area (Å²) in [5.74, 6) is 0.614. The molecule has 1 aromatic heterocycles. The molecule has 2 aromatic carbocycles. The first-order valence-electron chi connectivity index (χ1n) is 10.8. The number of carbonyl (C=O) groups excluding carboxylic acids is 1. The van der Waals surface area contributed by atoms with Gasteiger partial charge < -0.3 is 19.7 Å². The highest BCUT2D eigenvalue weighted by Crippen LogP contribution is 2.29. The molecule has 34 heavy (non-hydrogen) atoms. The Kier molecular flexibility index (Phi) is 6.90. The fourth-order valence-electron chi connectivity index (χ4n) is 4.01. The van der Waals surface area contributed by atoms with Crippen LogP contribution in [-0.2, 0) is 6.61 Å². The van der Waals surface area contributed by atoms with E-state index in [1.165, 1.54) is 12.1 Å². The van der Waals surface area contributed by atoms with Crippen molar-refractivity contribution in [3.05, 3.63) is 75.5 Å². The van der Waals surface area contributed by atoms with Gasteiger partial charge in [-0.25, -0.2) is 0 Å². The predicted octanol–water partition coefficient (Wildman–Crippen LogP) is 4.38. The number of hydrogen-bond donors (Lipinski definition) is 3. The van der Waals surface area contributed by atoms with Crippen LogP contribution in [0.2, 0.25) is 0 Å². The zero-order valence-corrected chi connectivity index (χ0v) is 19.4. The lowest BCUT2D eigenvalue weighted by atomic mass is 10.1. The molecule has 1 aliphatic heterocycles. The molecule has 1 fully saturated rings. The Morgan fingerprint density at radius 2 is 1.94 bits per heavy atom. The Morgan fingerprint density at radius 1 is 1.18 bits per heavy atom. The number of thiocarbonyl (C=S) groups is 1. The van der Waals surface area contributed by atoms with Gasteiger partial charge in [-0.15, -0.1) is 0 Å². The summed E-state index contributed by atoms with van der Waals surface area (Å²) in [7, 11) is 0. The lowest BCUT2D eigenvalue weighted by Gasteiger charge is -2.21. The summed E-state index contributed by atoms with van der Waals surface area (Å²) >= 11 is 5.33. The fourth-order valence-corrected chi connectivity index (χ4v) is 4.22. The number of furan rings is 1. The molecule has 0 saturated carbocycles. The standard InChI is InChI=1S/C24H24N4O5S/c1-15-12-16(4-7-19(15)22-9-6-18(14-29)33-22)25-24(34)26-23(30)20-13-17(28(31)32)5-8-21(20)27-10-2-3-11-27/h4-9,12-13,29H,2-3,10-11,14H2,1H3,(H2,25,26,30,34). The second-order valence-electron chi connectivity index (χ2n) is 8.01. The zero-order valence-electron chi connectivity index (χ0n) is 18.5. The van der Waals surface area contributed by atoms with Crippen LogP contribution in [0.15, 0.2) is 52.9 Å². The van der Waals surface area contributed by atoms with E-state index in [0.717, 1.165) is 37.1 Å². The molecule has 1 amide bonds. The summed E-state index contributed by atoms with van der Waals surface area (Å²) in [4.78, 5) is 25.8. The largest absolute Gasteiger partial charge is 0.459 e. The van der Waals surface area contributed by atoms with E-state index in [-0.39, 0.29) is 23.0 Å². The van der Waals surface area contributed by atoms with Crippen LogP contribution >= 0.6 is 12.2 Å². The van der Waals surface area contributed by atoms with E-state index in [0.29, 0.717) is 22.9 Å². The van der Waals surface area contributed by atoms with Crippen LogP contribution in [0.5, 0.6) is 0 Å². The predicted molar refractivity (Wildman–Crippen MR) is 133 cm³/mol. The molecule has 0 bridgehead atoms. The van der Waals surface area contributed by atoms with E-state index >= 15 is 0 Å². The van der Waals surface area contributed by atoms with E-state index in [2.05, 4.69) is 10.6 Å². The number of carbonyl (C=O) groups is 1. The second kappa shape index (κ2) is 10.0. The summed E-state index contributed by atoms with van der Waals surface area (Å²) in [6.07, 6.45) is 2.01. The maximum Gasteiger partial charge on any atom is 0.270 e. The zero-order chi connectivity index (χ0) is 24.2. The number of anilines is 2. The van der Waals surface area contributed by atoms with Crippen LogP contribution in [0, 0.1) is 17.0 Å². The first-order chi connectivity index (χ1) is 16.4. The van der Waals surface area contributed by atoms with Crippen molar-refractivity contribution in [2.24, 2.45) is 0 Å². The van der Waals surface area contributed by atoms with Crippen LogP contribution in [0.4, 0.5) is 17.1 Å². The highest BCUT2D eigenvalue weighted by molar-refractivity contribution is 7.80. The van der Waals surface area contributed by atoms with Crippen LogP contribution < -0.4 is 15.5 Å². The number of nitrogens with zero attached hydrogens (tertiary/aromatic N) is 2. The number of aryl methyl sites for hydroxylation is 1. The number of nitro groups is 1. The molecule has 0 atom stereocenters. The minimum Gasteiger partial charge on any atom is -0.459 e. The quantitative estimate of drug-likeness (QED) is 0.270. The van der Waals surface area contributed by atoms with Gasteiger partial charge in [0.1, 0.15) is 18.1 Å². The summed E-state index contributed by atoms with van der Waals surface area (Å²) in [6.45, 7) is 3.33. The summed E-state index contributed by atoms with van der Waals surface area (Å²) in [5, 5.41) is 26.2. The SMILES string of the molecule is Cc1cc(NC(=S)NC(=O)c2cc([N+](=O)[O-])ccc2N2CCCC2)ccc1-c1ccc(CO)o1. The minimum atomic E-state index is -0.520. The molecule has 1 aliphatic rings. The number of rotatable bonds is 6. The summed E-state index contributed by atoms with van der Waals surface area (Å²) in [6, 6.07) is 13.3. The molecular formula is C24H24N4O5S. The van der Waals surface area contributed by atoms with Gasteiger partial charge in [-0.2, -0.15) is 0 Å².